The maximum Gasteiger partial charge on any atom is 0.254 e. The number of ether oxygens (including phenoxy) is 2. The molecule has 0 bridgehead atoms. The lowest BCUT2D eigenvalue weighted by Gasteiger charge is -2.21. The number of hydrogen-bond donors (Lipinski definition) is 2. The average Bonchev–Trinajstić information content (AvgIpc) is 2.17. The first-order valence-electron chi connectivity index (χ1n) is 5.03. The van der Waals surface area contributed by atoms with E-state index in [2.05, 4.69) is 5.32 Å². The molecule has 5 heteroatoms. The lowest BCUT2D eigenvalue weighted by molar-refractivity contribution is -0.143. The molecule has 0 rings (SSSR count). The Balaban J connectivity index is 3.64. The molecule has 0 aliphatic carbocycles. The van der Waals surface area contributed by atoms with E-state index >= 15 is 0 Å². The van der Waals surface area contributed by atoms with E-state index in [-0.39, 0.29) is 6.61 Å². The van der Waals surface area contributed by atoms with Gasteiger partial charge < -0.3 is 19.9 Å². The van der Waals surface area contributed by atoms with Gasteiger partial charge in [-0.25, -0.2) is 0 Å². The number of carbonyl (C=O) groups excluding carboxylic acids is 1. The van der Waals surface area contributed by atoms with Gasteiger partial charge in [-0.3, -0.25) is 4.79 Å². The minimum absolute atomic E-state index is 0.00307. The third-order valence-electron chi connectivity index (χ3n) is 1.98. The maximum atomic E-state index is 11.4. The van der Waals surface area contributed by atoms with E-state index in [1.165, 1.54) is 14.0 Å². The second kappa shape index (κ2) is 7.62. The average molecular weight is 219 g/mol. The molecule has 2 N–H and O–H groups in total. The van der Waals surface area contributed by atoms with Crippen LogP contribution in [0.2, 0.25) is 0 Å². The molecule has 0 spiro atoms. The van der Waals surface area contributed by atoms with E-state index in [1.54, 1.807) is 7.11 Å². The van der Waals surface area contributed by atoms with Gasteiger partial charge in [0.15, 0.2) is 5.60 Å². The standard InChI is InChI=1S/C10H21NO4/c1-10(13,8-15-3)9(12)11-6-4-5-7-14-2/h13H,4-8H2,1-3H3,(H,11,12). The Hall–Kier alpha value is -0.650. The molecule has 0 aromatic rings. The van der Waals surface area contributed by atoms with Gasteiger partial charge in [0.05, 0.1) is 6.61 Å². The van der Waals surface area contributed by atoms with E-state index < -0.39 is 11.5 Å². The number of amides is 1. The lowest BCUT2D eigenvalue weighted by atomic mass is 10.1. The molecule has 0 radical (unpaired) electrons. The van der Waals surface area contributed by atoms with Gasteiger partial charge in [0, 0.05) is 27.4 Å². The van der Waals surface area contributed by atoms with Crippen molar-refractivity contribution >= 4 is 5.91 Å². The van der Waals surface area contributed by atoms with Crippen molar-refractivity contribution in [3.63, 3.8) is 0 Å². The molecule has 0 aromatic heterocycles. The second-order valence-corrected chi connectivity index (χ2v) is 3.66. The predicted molar refractivity (Wildman–Crippen MR) is 56.6 cm³/mol. The summed E-state index contributed by atoms with van der Waals surface area (Å²) >= 11 is 0. The maximum absolute atomic E-state index is 11.4. The second-order valence-electron chi connectivity index (χ2n) is 3.66. The number of hydrogen-bond acceptors (Lipinski definition) is 4. The van der Waals surface area contributed by atoms with E-state index in [0.717, 1.165) is 12.8 Å². The zero-order valence-electron chi connectivity index (χ0n) is 9.71. The minimum Gasteiger partial charge on any atom is -0.385 e. The normalized spacial score (nSPS) is 14.7. The summed E-state index contributed by atoms with van der Waals surface area (Å²) in [5.41, 5.74) is -1.45. The van der Waals surface area contributed by atoms with Crippen molar-refractivity contribution in [2.24, 2.45) is 0 Å². The van der Waals surface area contributed by atoms with Crippen molar-refractivity contribution in [1.82, 2.24) is 5.32 Å². The zero-order chi connectivity index (χ0) is 11.7. The largest absolute Gasteiger partial charge is 0.385 e. The number of nitrogens with one attached hydrogen (secondary N) is 1. The SMILES string of the molecule is COCCCCNC(=O)C(C)(O)COC. The van der Waals surface area contributed by atoms with Gasteiger partial charge in [-0.15, -0.1) is 0 Å². The first kappa shape index (κ1) is 14.3. The number of carbonyl (C=O) groups is 1. The minimum atomic E-state index is -1.45. The molecule has 0 aliphatic heterocycles. The van der Waals surface area contributed by atoms with E-state index in [0.29, 0.717) is 13.2 Å². The van der Waals surface area contributed by atoms with E-state index in [1.807, 2.05) is 0 Å². The smallest absolute Gasteiger partial charge is 0.254 e. The Morgan fingerprint density at radius 3 is 2.53 bits per heavy atom. The Morgan fingerprint density at radius 1 is 1.33 bits per heavy atom. The van der Waals surface area contributed by atoms with Crippen molar-refractivity contribution in [3.05, 3.63) is 0 Å². The number of methoxy groups -OCH3 is 2. The van der Waals surface area contributed by atoms with Crippen molar-refractivity contribution in [2.45, 2.75) is 25.4 Å². The third kappa shape index (κ3) is 6.43. The quantitative estimate of drug-likeness (QED) is 0.561. The Bertz CT molecular complexity index is 182. The van der Waals surface area contributed by atoms with E-state index in [9.17, 15) is 9.90 Å². The van der Waals surface area contributed by atoms with Crippen LogP contribution in [0, 0.1) is 0 Å². The fourth-order valence-electron chi connectivity index (χ4n) is 1.11. The molecule has 5 nitrogen and oxygen atoms in total. The lowest BCUT2D eigenvalue weighted by Crippen LogP contribution is -2.47. The predicted octanol–water partition coefficient (Wildman–Crippen LogP) is -0.0734. The summed E-state index contributed by atoms with van der Waals surface area (Å²) in [5, 5.41) is 12.3. The fourth-order valence-corrected chi connectivity index (χ4v) is 1.11. The van der Waals surface area contributed by atoms with Crippen molar-refractivity contribution in [2.75, 3.05) is 34.0 Å². The number of aliphatic hydroxyl groups is 1. The first-order valence-corrected chi connectivity index (χ1v) is 5.03. The van der Waals surface area contributed by atoms with Gasteiger partial charge in [0.2, 0.25) is 0 Å². The molecule has 0 aromatic carbocycles. The third-order valence-corrected chi connectivity index (χ3v) is 1.98. The monoisotopic (exact) mass is 219 g/mol. The summed E-state index contributed by atoms with van der Waals surface area (Å²) in [4.78, 5) is 11.4. The first-order chi connectivity index (χ1) is 7.04. The summed E-state index contributed by atoms with van der Waals surface area (Å²) in [7, 11) is 3.09. The van der Waals surface area contributed by atoms with E-state index in [4.69, 9.17) is 9.47 Å². The van der Waals surface area contributed by atoms with Gasteiger partial charge >= 0.3 is 0 Å². The van der Waals surface area contributed by atoms with Crippen LogP contribution in [0.3, 0.4) is 0 Å². The molecule has 0 saturated carbocycles. The van der Waals surface area contributed by atoms with Crippen LogP contribution in [0.4, 0.5) is 0 Å². The van der Waals surface area contributed by atoms with Crippen LogP contribution in [-0.2, 0) is 14.3 Å². The van der Waals surface area contributed by atoms with Crippen LogP contribution < -0.4 is 5.32 Å². The fraction of sp³-hybridized carbons (Fsp3) is 0.900. The summed E-state index contributed by atoms with van der Waals surface area (Å²) in [5.74, 6) is -0.401. The highest BCUT2D eigenvalue weighted by Crippen LogP contribution is 2.03. The molecule has 90 valence electrons. The van der Waals surface area contributed by atoms with Crippen LogP contribution in [-0.4, -0.2) is 50.6 Å². The van der Waals surface area contributed by atoms with Crippen LogP contribution >= 0.6 is 0 Å². The molecule has 15 heavy (non-hydrogen) atoms. The summed E-state index contributed by atoms with van der Waals surface area (Å²) in [6, 6.07) is 0. The molecule has 0 aliphatic rings. The molecule has 0 heterocycles. The Labute approximate surface area is 90.8 Å². The topological polar surface area (TPSA) is 67.8 Å². The summed E-state index contributed by atoms with van der Waals surface area (Å²) < 4.78 is 9.61. The highest BCUT2D eigenvalue weighted by molar-refractivity contribution is 5.84. The van der Waals surface area contributed by atoms with Gasteiger partial charge in [0.25, 0.3) is 5.91 Å². The van der Waals surface area contributed by atoms with Gasteiger partial charge in [-0.2, -0.15) is 0 Å². The molecule has 1 atom stereocenters. The zero-order valence-corrected chi connectivity index (χ0v) is 9.71. The highest BCUT2D eigenvalue weighted by Gasteiger charge is 2.29. The molecule has 1 unspecified atom stereocenters. The van der Waals surface area contributed by atoms with Crippen LogP contribution in [0.5, 0.6) is 0 Å². The molecular formula is C10H21NO4. The molecular weight excluding hydrogens is 198 g/mol. The number of unbranched alkanes of at least 4 members (excludes halogenated alkanes) is 1. The molecule has 1 amide bonds. The summed E-state index contributed by atoms with van der Waals surface area (Å²) in [6.45, 7) is 2.66. The Kier molecular flexibility index (Phi) is 7.29. The molecule has 0 saturated heterocycles. The van der Waals surface area contributed by atoms with Crippen molar-refractivity contribution < 1.29 is 19.4 Å². The number of rotatable bonds is 8. The Morgan fingerprint density at radius 2 is 2.00 bits per heavy atom. The van der Waals surface area contributed by atoms with Crippen molar-refractivity contribution in [3.8, 4) is 0 Å². The highest BCUT2D eigenvalue weighted by atomic mass is 16.5. The van der Waals surface area contributed by atoms with Crippen LogP contribution in [0.25, 0.3) is 0 Å². The van der Waals surface area contributed by atoms with Crippen LogP contribution in [0.15, 0.2) is 0 Å². The van der Waals surface area contributed by atoms with Gasteiger partial charge in [-0.05, 0) is 19.8 Å². The van der Waals surface area contributed by atoms with Crippen molar-refractivity contribution in [1.29, 1.82) is 0 Å². The summed E-state index contributed by atoms with van der Waals surface area (Å²) in [6.07, 6.45) is 1.73. The van der Waals surface area contributed by atoms with Gasteiger partial charge in [0.1, 0.15) is 0 Å². The molecule has 0 fully saturated rings. The van der Waals surface area contributed by atoms with Crippen LogP contribution in [0.1, 0.15) is 19.8 Å². The van der Waals surface area contributed by atoms with Gasteiger partial charge in [-0.1, -0.05) is 0 Å².